The third-order valence-electron chi connectivity index (χ3n) is 1.71. The molecular weight excluding hydrogens is 120 g/mol. The SMILES string of the molecule is O=C1CCC(C(O)O)C1. The minimum Gasteiger partial charge on any atom is -0.368 e. The molecule has 0 amide bonds. The third-order valence-corrected chi connectivity index (χ3v) is 1.71. The largest absolute Gasteiger partial charge is 0.368 e. The van der Waals surface area contributed by atoms with E-state index in [9.17, 15) is 4.79 Å². The number of Topliss-reactive ketones (excluding diaryl/α,β-unsaturated/α-hetero) is 1. The molecule has 1 saturated carbocycles. The maximum Gasteiger partial charge on any atom is 0.154 e. The van der Waals surface area contributed by atoms with Crippen LogP contribution in [0.15, 0.2) is 0 Å². The fraction of sp³-hybridized carbons (Fsp3) is 0.833. The molecule has 0 spiro atoms. The van der Waals surface area contributed by atoms with Gasteiger partial charge in [-0.15, -0.1) is 0 Å². The van der Waals surface area contributed by atoms with E-state index in [1.807, 2.05) is 0 Å². The van der Waals surface area contributed by atoms with E-state index in [0.717, 1.165) is 0 Å². The van der Waals surface area contributed by atoms with Crippen LogP contribution in [-0.4, -0.2) is 22.3 Å². The van der Waals surface area contributed by atoms with Crippen molar-refractivity contribution >= 4 is 5.78 Å². The van der Waals surface area contributed by atoms with Crippen molar-refractivity contribution in [1.29, 1.82) is 0 Å². The lowest BCUT2D eigenvalue weighted by molar-refractivity contribution is -0.120. The fourth-order valence-corrected chi connectivity index (χ4v) is 1.10. The second-order valence-electron chi connectivity index (χ2n) is 2.46. The van der Waals surface area contributed by atoms with Crippen molar-refractivity contribution in [3.63, 3.8) is 0 Å². The maximum atomic E-state index is 10.5. The summed E-state index contributed by atoms with van der Waals surface area (Å²) in [5.74, 6) is -0.0504. The average molecular weight is 130 g/mol. The van der Waals surface area contributed by atoms with Gasteiger partial charge in [-0.05, 0) is 6.42 Å². The Morgan fingerprint density at radius 1 is 1.56 bits per heavy atom. The lowest BCUT2D eigenvalue weighted by Gasteiger charge is -2.08. The summed E-state index contributed by atoms with van der Waals surface area (Å²) in [7, 11) is 0. The van der Waals surface area contributed by atoms with E-state index in [-0.39, 0.29) is 11.7 Å². The van der Waals surface area contributed by atoms with E-state index in [4.69, 9.17) is 10.2 Å². The summed E-state index contributed by atoms with van der Waals surface area (Å²) in [4.78, 5) is 10.5. The number of carbonyl (C=O) groups is 1. The van der Waals surface area contributed by atoms with E-state index in [2.05, 4.69) is 0 Å². The van der Waals surface area contributed by atoms with Crippen molar-refractivity contribution in [3.8, 4) is 0 Å². The van der Waals surface area contributed by atoms with E-state index in [1.54, 1.807) is 0 Å². The molecule has 0 aromatic carbocycles. The zero-order valence-corrected chi connectivity index (χ0v) is 5.08. The zero-order valence-electron chi connectivity index (χ0n) is 5.08. The van der Waals surface area contributed by atoms with Gasteiger partial charge in [0.25, 0.3) is 0 Å². The minimum absolute atomic E-state index is 0.146. The predicted octanol–water partition coefficient (Wildman–Crippen LogP) is -0.334. The highest BCUT2D eigenvalue weighted by atomic mass is 16.5. The molecule has 9 heavy (non-hydrogen) atoms. The summed E-state index contributed by atoms with van der Waals surface area (Å²) in [6.45, 7) is 0. The third kappa shape index (κ3) is 1.50. The first-order valence-corrected chi connectivity index (χ1v) is 3.08. The number of hydrogen-bond donors (Lipinski definition) is 2. The summed E-state index contributed by atoms with van der Waals surface area (Å²) in [5, 5.41) is 17.1. The van der Waals surface area contributed by atoms with Crippen LogP contribution in [0.5, 0.6) is 0 Å². The molecule has 52 valence electrons. The monoisotopic (exact) mass is 130 g/mol. The Bertz CT molecular complexity index is 119. The summed E-state index contributed by atoms with van der Waals surface area (Å²) in [5.41, 5.74) is 0. The fourth-order valence-electron chi connectivity index (χ4n) is 1.10. The smallest absolute Gasteiger partial charge is 0.154 e. The van der Waals surface area contributed by atoms with Crippen LogP contribution in [0.2, 0.25) is 0 Å². The minimum atomic E-state index is -1.29. The highest BCUT2D eigenvalue weighted by molar-refractivity contribution is 5.80. The zero-order chi connectivity index (χ0) is 6.85. The summed E-state index contributed by atoms with van der Waals surface area (Å²) in [6, 6.07) is 0. The summed E-state index contributed by atoms with van der Waals surface area (Å²) in [6.07, 6.45) is 0.202. The van der Waals surface area contributed by atoms with Gasteiger partial charge >= 0.3 is 0 Å². The molecule has 1 unspecified atom stereocenters. The number of carbonyl (C=O) groups excluding carboxylic acids is 1. The van der Waals surface area contributed by atoms with Crippen LogP contribution < -0.4 is 0 Å². The van der Waals surface area contributed by atoms with Crippen molar-refractivity contribution in [2.24, 2.45) is 5.92 Å². The average Bonchev–Trinajstić information content (AvgIpc) is 2.14. The maximum absolute atomic E-state index is 10.5. The first kappa shape index (κ1) is 6.71. The van der Waals surface area contributed by atoms with Gasteiger partial charge in [-0.3, -0.25) is 4.79 Å². The standard InChI is InChI=1S/C6H10O3/c7-5-2-1-4(3-5)6(8)9/h4,6,8-9H,1-3H2. The molecule has 3 nitrogen and oxygen atoms in total. The number of aliphatic hydroxyl groups is 2. The highest BCUT2D eigenvalue weighted by Crippen LogP contribution is 2.23. The van der Waals surface area contributed by atoms with Crippen LogP contribution in [0.25, 0.3) is 0 Å². The molecule has 0 aromatic rings. The Balaban J connectivity index is 2.39. The molecule has 1 rings (SSSR count). The molecule has 0 radical (unpaired) electrons. The molecule has 0 saturated heterocycles. The number of hydrogen-bond acceptors (Lipinski definition) is 3. The Morgan fingerprint density at radius 3 is 2.44 bits per heavy atom. The highest BCUT2D eigenvalue weighted by Gasteiger charge is 2.26. The first-order chi connectivity index (χ1) is 4.20. The van der Waals surface area contributed by atoms with Gasteiger partial charge in [0.2, 0.25) is 0 Å². The quantitative estimate of drug-likeness (QED) is 0.478. The Morgan fingerprint density at radius 2 is 2.22 bits per heavy atom. The van der Waals surface area contributed by atoms with E-state index in [1.165, 1.54) is 0 Å². The van der Waals surface area contributed by atoms with Gasteiger partial charge in [-0.1, -0.05) is 0 Å². The molecule has 0 aliphatic heterocycles. The molecule has 1 fully saturated rings. The molecular formula is C6H10O3. The van der Waals surface area contributed by atoms with E-state index >= 15 is 0 Å². The van der Waals surface area contributed by atoms with Crippen molar-refractivity contribution in [2.45, 2.75) is 25.6 Å². The molecule has 1 atom stereocenters. The Labute approximate surface area is 53.3 Å². The molecule has 0 heterocycles. The van der Waals surface area contributed by atoms with Crippen molar-refractivity contribution in [3.05, 3.63) is 0 Å². The second kappa shape index (κ2) is 2.45. The van der Waals surface area contributed by atoms with Crippen LogP contribution in [0, 0.1) is 5.92 Å². The summed E-state index contributed by atoms with van der Waals surface area (Å²) >= 11 is 0. The lowest BCUT2D eigenvalue weighted by atomic mass is 10.1. The normalized spacial score (nSPS) is 27.9. The van der Waals surface area contributed by atoms with Gasteiger partial charge in [0, 0.05) is 18.8 Å². The van der Waals surface area contributed by atoms with Crippen LogP contribution in [-0.2, 0) is 4.79 Å². The number of ketones is 1. The number of rotatable bonds is 1. The van der Waals surface area contributed by atoms with Gasteiger partial charge in [0.1, 0.15) is 5.78 Å². The Kier molecular flexibility index (Phi) is 1.83. The lowest BCUT2D eigenvalue weighted by Crippen LogP contribution is -2.16. The molecule has 1 aliphatic rings. The molecule has 3 heteroatoms. The van der Waals surface area contributed by atoms with Crippen LogP contribution in [0.1, 0.15) is 19.3 Å². The Hall–Kier alpha value is -0.410. The topological polar surface area (TPSA) is 57.5 Å². The molecule has 1 aliphatic carbocycles. The summed E-state index contributed by atoms with van der Waals surface area (Å²) < 4.78 is 0. The van der Waals surface area contributed by atoms with E-state index in [0.29, 0.717) is 19.3 Å². The van der Waals surface area contributed by atoms with Crippen LogP contribution in [0.4, 0.5) is 0 Å². The first-order valence-electron chi connectivity index (χ1n) is 3.08. The second-order valence-corrected chi connectivity index (χ2v) is 2.46. The van der Waals surface area contributed by atoms with Crippen LogP contribution >= 0.6 is 0 Å². The van der Waals surface area contributed by atoms with Gasteiger partial charge in [-0.25, -0.2) is 0 Å². The van der Waals surface area contributed by atoms with Gasteiger partial charge in [0.15, 0.2) is 6.29 Å². The van der Waals surface area contributed by atoms with Gasteiger partial charge in [0.05, 0.1) is 0 Å². The predicted molar refractivity (Wildman–Crippen MR) is 30.6 cm³/mol. The molecule has 0 aromatic heterocycles. The van der Waals surface area contributed by atoms with Crippen molar-refractivity contribution in [1.82, 2.24) is 0 Å². The number of aliphatic hydroxyl groups excluding tert-OH is 1. The van der Waals surface area contributed by atoms with Gasteiger partial charge < -0.3 is 10.2 Å². The van der Waals surface area contributed by atoms with Crippen LogP contribution in [0.3, 0.4) is 0 Å². The molecule has 0 bridgehead atoms. The van der Waals surface area contributed by atoms with Crippen molar-refractivity contribution < 1.29 is 15.0 Å². The van der Waals surface area contributed by atoms with E-state index < -0.39 is 6.29 Å². The van der Waals surface area contributed by atoms with Crippen molar-refractivity contribution in [2.75, 3.05) is 0 Å². The van der Waals surface area contributed by atoms with Gasteiger partial charge in [-0.2, -0.15) is 0 Å². The molecule has 2 N–H and O–H groups in total.